The van der Waals surface area contributed by atoms with E-state index >= 15 is 0 Å². The van der Waals surface area contributed by atoms with Crippen LogP contribution in [0, 0.1) is 0 Å². The fraction of sp³-hybridized carbons (Fsp3) is 0.562. The average molecular weight is 675 g/mol. The molecule has 0 bridgehead atoms. The number of carbonyl (C=O) groups excluding carboxylic acids is 2. The maximum Gasteiger partial charge on any atom is 0.254 e. The molecule has 3 saturated heterocycles. The van der Waals surface area contributed by atoms with Gasteiger partial charge in [0.05, 0.1) is 23.2 Å². The molecular weight excluding hydrogens is 630 g/mol. The number of carbonyl (C=O) groups is 2. The molecule has 0 spiro atoms. The molecule has 2 aromatic rings. The number of likely N-dealkylation sites (tertiary alicyclic amines) is 2. The minimum atomic E-state index is -0.694. The first kappa shape index (κ1) is 35.9. The van der Waals surface area contributed by atoms with E-state index in [0.29, 0.717) is 41.7 Å². The topological polar surface area (TPSA) is 65.1 Å². The number of ether oxygens (including phenoxy) is 1. The monoisotopic (exact) mass is 672 g/mol. The molecule has 5 rings (SSSR count). The van der Waals surface area contributed by atoms with Gasteiger partial charge in [-0.05, 0) is 88.1 Å². The second kappa shape index (κ2) is 16.1. The minimum Gasteiger partial charge on any atom is -0.367 e. The summed E-state index contributed by atoms with van der Waals surface area (Å²) in [6, 6.07) is 15.1. The van der Waals surface area contributed by atoms with Gasteiger partial charge in [-0.2, -0.15) is 0 Å². The Morgan fingerprint density at radius 3 is 2.26 bits per heavy atom. The smallest absolute Gasteiger partial charge is 0.254 e. The van der Waals surface area contributed by atoms with Crippen molar-refractivity contribution in [2.24, 2.45) is 0 Å². The van der Waals surface area contributed by atoms with Crippen LogP contribution in [0.2, 0.25) is 10.0 Å². The van der Waals surface area contributed by atoms with Gasteiger partial charge in [0, 0.05) is 37.7 Å². The second-order valence-electron chi connectivity index (χ2n) is 11.8. The van der Waals surface area contributed by atoms with E-state index in [0.717, 1.165) is 57.5 Å². The normalized spacial score (nSPS) is 22.6. The van der Waals surface area contributed by atoms with Crippen molar-refractivity contribution in [1.29, 1.82) is 0 Å². The van der Waals surface area contributed by atoms with Gasteiger partial charge in [-0.1, -0.05) is 53.9 Å². The lowest BCUT2D eigenvalue weighted by Gasteiger charge is -2.50. The van der Waals surface area contributed by atoms with Crippen molar-refractivity contribution in [3.63, 3.8) is 0 Å². The Balaban J connectivity index is 0.00000253. The first-order valence-electron chi connectivity index (χ1n) is 15.0. The zero-order chi connectivity index (χ0) is 28.9. The van der Waals surface area contributed by atoms with Gasteiger partial charge >= 0.3 is 0 Å². The van der Waals surface area contributed by atoms with Crippen LogP contribution in [0.15, 0.2) is 48.5 Å². The maximum absolute atomic E-state index is 13.5. The van der Waals surface area contributed by atoms with Gasteiger partial charge in [-0.15, -0.1) is 24.8 Å². The average Bonchev–Trinajstić information content (AvgIpc) is 3.02. The summed E-state index contributed by atoms with van der Waals surface area (Å²) < 4.78 is 6.57. The standard InChI is InChI=1S/C32H42Cl2N4O3.2ClH/c1-35-29(39)23-31(38-15-6-3-7-16-38)12-17-36(18-13-31)19-14-32(26-10-11-27(33)28(34)22-26)24-37(20-21-41-32)30(40)25-8-4-2-5-9-25;;/h2,4-5,8-11,22H,3,6-7,12-21,23-24H2,1H3,(H,35,39);2*1H. The van der Waals surface area contributed by atoms with Crippen LogP contribution in [0.1, 0.15) is 60.9 Å². The number of benzene rings is 2. The summed E-state index contributed by atoms with van der Waals surface area (Å²) in [6.07, 6.45) is 6.92. The highest BCUT2D eigenvalue weighted by molar-refractivity contribution is 6.42. The van der Waals surface area contributed by atoms with Gasteiger partial charge in [0.2, 0.25) is 5.91 Å². The summed E-state index contributed by atoms with van der Waals surface area (Å²) in [5, 5.41) is 3.85. The molecule has 238 valence electrons. The van der Waals surface area contributed by atoms with Crippen LogP contribution in [0.5, 0.6) is 0 Å². The second-order valence-corrected chi connectivity index (χ2v) is 12.6. The molecule has 0 saturated carbocycles. The predicted molar refractivity (Wildman–Crippen MR) is 178 cm³/mol. The van der Waals surface area contributed by atoms with Crippen LogP contribution in [-0.4, -0.2) is 91.5 Å². The highest BCUT2D eigenvalue weighted by atomic mass is 35.5. The zero-order valence-corrected chi connectivity index (χ0v) is 28.0. The van der Waals surface area contributed by atoms with Crippen molar-refractivity contribution in [2.45, 2.75) is 56.1 Å². The van der Waals surface area contributed by atoms with Gasteiger partial charge in [-0.3, -0.25) is 14.5 Å². The van der Waals surface area contributed by atoms with Crippen molar-refractivity contribution in [3.05, 3.63) is 69.7 Å². The van der Waals surface area contributed by atoms with E-state index in [1.54, 1.807) is 7.05 Å². The van der Waals surface area contributed by atoms with Gasteiger partial charge in [0.15, 0.2) is 0 Å². The van der Waals surface area contributed by atoms with Gasteiger partial charge < -0.3 is 19.9 Å². The number of piperidine rings is 2. The number of hydrogen-bond donors (Lipinski definition) is 1. The molecule has 3 aliphatic heterocycles. The molecule has 2 amide bonds. The van der Waals surface area contributed by atoms with E-state index in [9.17, 15) is 9.59 Å². The number of nitrogens with one attached hydrogen (secondary N) is 1. The van der Waals surface area contributed by atoms with E-state index in [2.05, 4.69) is 15.1 Å². The molecule has 0 aromatic heterocycles. The van der Waals surface area contributed by atoms with Gasteiger partial charge in [-0.25, -0.2) is 0 Å². The van der Waals surface area contributed by atoms with Gasteiger partial charge in [0.25, 0.3) is 5.91 Å². The highest BCUT2D eigenvalue weighted by Crippen LogP contribution is 2.39. The summed E-state index contributed by atoms with van der Waals surface area (Å²) in [5.41, 5.74) is 0.856. The lowest BCUT2D eigenvalue weighted by atomic mass is 9.80. The number of halogens is 4. The van der Waals surface area contributed by atoms with Crippen LogP contribution < -0.4 is 5.32 Å². The summed E-state index contributed by atoms with van der Waals surface area (Å²) in [4.78, 5) is 33.0. The van der Waals surface area contributed by atoms with Crippen LogP contribution in [0.3, 0.4) is 0 Å². The lowest BCUT2D eigenvalue weighted by molar-refractivity contribution is -0.126. The molecule has 2 aromatic carbocycles. The van der Waals surface area contributed by atoms with Crippen molar-refractivity contribution in [1.82, 2.24) is 20.0 Å². The molecular formula is C32H44Cl4N4O3. The van der Waals surface area contributed by atoms with Crippen molar-refractivity contribution in [3.8, 4) is 0 Å². The fourth-order valence-electron chi connectivity index (χ4n) is 6.86. The lowest BCUT2D eigenvalue weighted by Crippen LogP contribution is -2.59. The minimum absolute atomic E-state index is 0. The van der Waals surface area contributed by atoms with Crippen LogP contribution in [0.25, 0.3) is 0 Å². The Labute approximate surface area is 278 Å². The van der Waals surface area contributed by atoms with Crippen molar-refractivity contribution >= 4 is 59.8 Å². The van der Waals surface area contributed by atoms with Crippen LogP contribution in [0.4, 0.5) is 0 Å². The molecule has 1 N–H and O–H groups in total. The molecule has 3 fully saturated rings. The third kappa shape index (κ3) is 8.37. The third-order valence-electron chi connectivity index (χ3n) is 9.35. The Hall–Kier alpha value is -1.58. The van der Waals surface area contributed by atoms with E-state index in [-0.39, 0.29) is 42.2 Å². The van der Waals surface area contributed by atoms with Crippen LogP contribution >= 0.6 is 48.0 Å². The summed E-state index contributed by atoms with van der Waals surface area (Å²) in [6.45, 7) is 6.27. The number of rotatable bonds is 8. The van der Waals surface area contributed by atoms with E-state index < -0.39 is 5.60 Å². The first-order chi connectivity index (χ1) is 19.8. The molecule has 0 radical (unpaired) electrons. The molecule has 0 aliphatic carbocycles. The van der Waals surface area contributed by atoms with E-state index in [1.165, 1.54) is 19.3 Å². The largest absolute Gasteiger partial charge is 0.367 e. The first-order valence-corrected chi connectivity index (χ1v) is 15.7. The van der Waals surface area contributed by atoms with Crippen molar-refractivity contribution < 1.29 is 14.3 Å². The Morgan fingerprint density at radius 1 is 0.907 bits per heavy atom. The molecule has 43 heavy (non-hydrogen) atoms. The SMILES string of the molecule is CNC(=O)CC1(N2CCCCC2)CCN(CCC2(c3ccc(Cl)c(Cl)c3)CN(C(=O)c3ccccc3)CCO2)CC1.Cl.Cl. The highest BCUT2D eigenvalue weighted by Gasteiger charge is 2.44. The molecule has 3 aliphatic rings. The van der Waals surface area contributed by atoms with Crippen molar-refractivity contribution in [2.75, 3.05) is 59.5 Å². The predicted octanol–water partition coefficient (Wildman–Crippen LogP) is 6.05. The third-order valence-corrected chi connectivity index (χ3v) is 10.1. The molecule has 1 unspecified atom stereocenters. The zero-order valence-electron chi connectivity index (χ0n) is 24.9. The summed E-state index contributed by atoms with van der Waals surface area (Å²) in [7, 11) is 1.74. The molecule has 11 heteroatoms. The fourth-order valence-corrected chi connectivity index (χ4v) is 7.16. The van der Waals surface area contributed by atoms with E-state index in [4.69, 9.17) is 27.9 Å². The van der Waals surface area contributed by atoms with E-state index in [1.807, 2.05) is 53.4 Å². The molecule has 3 heterocycles. The number of hydrogen-bond acceptors (Lipinski definition) is 5. The molecule has 7 nitrogen and oxygen atoms in total. The number of amides is 2. The molecule has 1 atom stereocenters. The summed E-state index contributed by atoms with van der Waals surface area (Å²) in [5.74, 6) is 0.137. The van der Waals surface area contributed by atoms with Gasteiger partial charge in [0.1, 0.15) is 5.60 Å². The number of morpholine rings is 1. The summed E-state index contributed by atoms with van der Waals surface area (Å²) >= 11 is 12.8. The maximum atomic E-state index is 13.5. The number of nitrogens with zero attached hydrogens (tertiary/aromatic N) is 3. The van der Waals surface area contributed by atoms with Crippen LogP contribution in [-0.2, 0) is 15.1 Å². The Kier molecular flexibility index (Phi) is 13.5. The quantitative estimate of drug-likeness (QED) is 0.370. The Morgan fingerprint density at radius 2 is 1.60 bits per heavy atom. The Bertz CT molecular complexity index is 1210.